The Hall–Kier alpha value is -3.92. The van der Waals surface area contributed by atoms with Gasteiger partial charge < -0.3 is 4.90 Å². The van der Waals surface area contributed by atoms with Crippen LogP contribution in [0.15, 0.2) is 54.6 Å². The van der Waals surface area contributed by atoms with Crippen LogP contribution in [0.2, 0.25) is 0 Å². The number of anilines is 1. The molecule has 0 spiro atoms. The lowest BCUT2D eigenvalue weighted by Crippen LogP contribution is -2.33. The van der Waals surface area contributed by atoms with Crippen molar-refractivity contribution in [1.82, 2.24) is 9.55 Å². The van der Waals surface area contributed by atoms with Gasteiger partial charge in [0.25, 0.3) is 5.69 Å². The lowest BCUT2D eigenvalue weighted by molar-refractivity contribution is -0.384. The van der Waals surface area contributed by atoms with E-state index in [1.54, 1.807) is 12.1 Å². The smallest absolute Gasteiger partial charge is 0.269 e. The van der Waals surface area contributed by atoms with Crippen molar-refractivity contribution in [3.63, 3.8) is 0 Å². The predicted molar refractivity (Wildman–Crippen MR) is 115 cm³/mol. The summed E-state index contributed by atoms with van der Waals surface area (Å²) in [5.41, 5.74) is 3.90. The maximum Gasteiger partial charge on any atom is 0.269 e. The van der Waals surface area contributed by atoms with Crippen molar-refractivity contribution in [3.8, 4) is 23.1 Å². The molecule has 0 amide bonds. The van der Waals surface area contributed by atoms with Gasteiger partial charge in [0.05, 0.1) is 27.4 Å². The molecular weight excluding hydrogens is 378 g/mol. The van der Waals surface area contributed by atoms with Crippen LogP contribution in [0.25, 0.3) is 28.0 Å². The summed E-state index contributed by atoms with van der Waals surface area (Å²) in [5.74, 6) is 0.830. The number of nitriles is 1. The van der Waals surface area contributed by atoms with Crippen LogP contribution in [-0.4, -0.2) is 27.6 Å². The van der Waals surface area contributed by atoms with Crippen LogP contribution in [0.5, 0.6) is 0 Å². The number of non-ortho nitro benzene ring substituents is 1. The molecule has 0 radical (unpaired) electrons. The molecule has 2 aromatic rings. The van der Waals surface area contributed by atoms with Gasteiger partial charge in [-0.2, -0.15) is 5.26 Å². The van der Waals surface area contributed by atoms with Crippen LogP contribution >= 0.6 is 0 Å². The number of nitro benzene ring substituents is 1. The van der Waals surface area contributed by atoms with Crippen LogP contribution in [0, 0.1) is 21.4 Å². The lowest BCUT2D eigenvalue weighted by Gasteiger charge is -2.33. The molecule has 148 valence electrons. The molecule has 0 bridgehead atoms. The second-order valence-electron chi connectivity index (χ2n) is 7.51. The summed E-state index contributed by atoms with van der Waals surface area (Å²) < 4.78 is 2.05. The minimum Gasteiger partial charge on any atom is -0.357 e. The van der Waals surface area contributed by atoms with Crippen LogP contribution < -0.4 is 4.90 Å². The molecule has 30 heavy (non-hydrogen) atoms. The molecule has 0 aliphatic carbocycles. The Morgan fingerprint density at radius 1 is 1.03 bits per heavy atom. The fourth-order valence-corrected chi connectivity index (χ4v) is 4.33. The first-order valence-corrected chi connectivity index (χ1v) is 10.0. The van der Waals surface area contributed by atoms with E-state index in [1.165, 1.54) is 18.6 Å². The molecule has 3 aliphatic rings. The van der Waals surface area contributed by atoms with Gasteiger partial charge in [0.1, 0.15) is 11.9 Å². The third-order valence-electron chi connectivity index (χ3n) is 5.69. The second-order valence-corrected chi connectivity index (χ2v) is 7.51. The highest BCUT2D eigenvalue weighted by molar-refractivity contribution is 5.97. The van der Waals surface area contributed by atoms with Gasteiger partial charge in [-0.05, 0) is 43.5 Å². The van der Waals surface area contributed by atoms with Gasteiger partial charge in [-0.25, -0.2) is 4.98 Å². The molecule has 0 unspecified atom stereocenters. The van der Waals surface area contributed by atoms with Crippen molar-refractivity contribution in [1.29, 1.82) is 5.26 Å². The van der Waals surface area contributed by atoms with E-state index in [0.29, 0.717) is 5.56 Å². The van der Waals surface area contributed by atoms with Gasteiger partial charge >= 0.3 is 0 Å². The van der Waals surface area contributed by atoms with Crippen molar-refractivity contribution < 1.29 is 4.92 Å². The largest absolute Gasteiger partial charge is 0.357 e. The van der Waals surface area contributed by atoms with E-state index in [-0.39, 0.29) is 5.69 Å². The number of nitrogens with zero attached hydrogens (tertiary/aromatic N) is 5. The molecule has 0 N–H and O–H groups in total. The summed E-state index contributed by atoms with van der Waals surface area (Å²) in [4.78, 5) is 17.7. The number of benzene rings is 2. The Morgan fingerprint density at radius 3 is 2.47 bits per heavy atom. The fourth-order valence-electron chi connectivity index (χ4n) is 4.33. The number of pyridine rings is 1. The summed E-state index contributed by atoms with van der Waals surface area (Å²) in [5, 5.41) is 22.1. The van der Waals surface area contributed by atoms with Crippen molar-refractivity contribution in [3.05, 3.63) is 70.3 Å². The van der Waals surface area contributed by atoms with E-state index in [1.807, 2.05) is 30.3 Å². The highest BCUT2D eigenvalue weighted by atomic mass is 16.6. The maximum atomic E-state index is 11.1. The monoisotopic (exact) mass is 397 g/mol. The lowest BCUT2D eigenvalue weighted by atomic mass is 10.1. The molecule has 7 nitrogen and oxygen atoms in total. The molecule has 5 rings (SSSR count). The molecule has 1 fully saturated rings. The number of rotatable bonds is 3. The normalized spacial score (nSPS) is 14.2. The van der Waals surface area contributed by atoms with E-state index in [4.69, 9.17) is 4.98 Å². The number of piperidine rings is 1. The Labute approximate surface area is 173 Å². The Bertz CT molecular complexity index is 1260. The van der Waals surface area contributed by atoms with Gasteiger partial charge in [0.2, 0.25) is 0 Å². The molecule has 0 aromatic heterocycles. The van der Waals surface area contributed by atoms with Gasteiger partial charge in [0.15, 0.2) is 0 Å². The maximum absolute atomic E-state index is 11.1. The summed E-state index contributed by atoms with van der Waals surface area (Å²) in [6.45, 7) is 1.75. The minimum absolute atomic E-state index is 0.0389. The van der Waals surface area contributed by atoms with E-state index in [9.17, 15) is 15.4 Å². The quantitative estimate of drug-likeness (QED) is 0.362. The zero-order valence-electron chi connectivity index (χ0n) is 16.3. The molecule has 2 aromatic carbocycles. The van der Waals surface area contributed by atoms with Crippen molar-refractivity contribution in [2.24, 2.45) is 0 Å². The van der Waals surface area contributed by atoms with E-state index in [0.717, 1.165) is 59.7 Å². The van der Waals surface area contributed by atoms with E-state index >= 15 is 0 Å². The first-order valence-electron chi connectivity index (χ1n) is 10.0. The minimum atomic E-state index is -0.402. The van der Waals surface area contributed by atoms with Crippen LogP contribution in [-0.2, 0) is 0 Å². The molecular formula is C23H19N5O2. The number of para-hydroxylation sites is 1. The highest BCUT2D eigenvalue weighted by Gasteiger charge is 2.26. The third kappa shape index (κ3) is 2.85. The first kappa shape index (κ1) is 18.1. The van der Waals surface area contributed by atoms with Crippen LogP contribution in [0.1, 0.15) is 24.8 Å². The summed E-state index contributed by atoms with van der Waals surface area (Å²) >= 11 is 0. The Kier molecular flexibility index (Phi) is 4.32. The molecule has 3 aliphatic heterocycles. The molecule has 3 heterocycles. The molecule has 0 saturated carbocycles. The number of aromatic nitrogens is 2. The average molecular weight is 397 g/mol. The summed E-state index contributed by atoms with van der Waals surface area (Å²) in [6.07, 6.45) is 3.32. The van der Waals surface area contributed by atoms with Crippen molar-refractivity contribution in [2.75, 3.05) is 18.0 Å². The first-order chi connectivity index (χ1) is 14.7. The Balaban J connectivity index is 1.86. The second kappa shape index (κ2) is 7.16. The third-order valence-corrected chi connectivity index (χ3v) is 5.69. The zero-order valence-corrected chi connectivity index (χ0v) is 16.3. The summed E-state index contributed by atoms with van der Waals surface area (Å²) in [7, 11) is 0. The van der Waals surface area contributed by atoms with E-state index in [2.05, 4.69) is 15.5 Å². The fraction of sp³-hybridized carbons (Fsp3) is 0.217. The number of hydrogen-bond donors (Lipinski definition) is 0. The van der Waals surface area contributed by atoms with Gasteiger partial charge in [0, 0.05) is 36.3 Å². The Morgan fingerprint density at radius 2 is 1.77 bits per heavy atom. The SMILES string of the molecule is N#Cc1cc2nc3ccccc3c-2n(-c2ccc([N+](=O)[O-])cc2)c1N1CCCCC1. The topological polar surface area (TPSA) is 88.0 Å². The van der Waals surface area contributed by atoms with E-state index < -0.39 is 4.92 Å². The van der Waals surface area contributed by atoms with Crippen LogP contribution in [0.4, 0.5) is 11.5 Å². The average Bonchev–Trinajstić information content (AvgIpc) is 3.16. The summed E-state index contributed by atoms with van der Waals surface area (Å²) in [6, 6.07) is 18.6. The number of hydrogen-bond acceptors (Lipinski definition) is 5. The molecule has 1 saturated heterocycles. The van der Waals surface area contributed by atoms with Gasteiger partial charge in [-0.3, -0.25) is 14.7 Å². The van der Waals surface area contributed by atoms with Gasteiger partial charge in [-0.1, -0.05) is 18.2 Å². The van der Waals surface area contributed by atoms with Gasteiger partial charge in [-0.15, -0.1) is 0 Å². The zero-order chi connectivity index (χ0) is 20.7. The highest BCUT2D eigenvalue weighted by Crippen LogP contribution is 2.40. The molecule has 7 heteroatoms. The number of fused-ring (bicyclic) bond motifs is 3. The van der Waals surface area contributed by atoms with Crippen LogP contribution in [0.3, 0.4) is 0 Å². The van der Waals surface area contributed by atoms with Crippen molar-refractivity contribution >= 4 is 22.4 Å². The predicted octanol–water partition coefficient (Wildman–Crippen LogP) is 4.90. The standard InChI is InChI=1S/C23H19N5O2/c24-15-16-14-21-22(19-6-2-3-7-20(19)25-21)27(23(16)26-12-4-1-5-13-26)17-8-10-18(11-9-17)28(29)30/h2-3,6-11,14H,1,4-5,12-13H2. The number of nitro groups is 1. The molecule has 0 atom stereocenters. The van der Waals surface area contributed by atoms with Crippen molar-refractivity contribution in [2.45, 2.75) is 19.3 Å².